The summed E-state index contributed by atoms with van der Waals surface area (Å²) in [6.07, 6.45) is 1.35. The van der Waals surface area contributed by atoms with Crippen molar-refractivity contribution in [3.05, 3.63) is 20.3 Å². The fourth-order valence-electron chi connectivity index (χ4n) is 1.24. The van der Waals surface area contributed by atoms with E-state index in [0.29, 0.717) is 20.7 Å². The summed E-state index contributed by atoms with van der Waals surface area (Å²) in [6, 6.07) is 3.52. The Labute approximate surface area is 102 Å². The lowest BCUT2D eigenvalue weighted by atomic mass is 9.97. The molecule has 1 unspecified atom stereocenters. The Morgan fingerprint density at radius 2 is 2.33 bits per heavy atom. The van der Waals surface area contributed by atoms with Crippen molar-refractivity contribution in [3.63, 3.8) is 0 Å². The summed E-state index contributed by atoms with van der Waals surface area (Å²) in [7, 11) is 0. The molecule has 0 aliphatic rings. The molecule has 1 rings (SSSR count). The van der Waals surface area contributed by atoms with Crippen LogP contribution < -0.4 is 0 Å². The largest absolute Gasteiger partial charge is 0.293 e. The first-order valence-electron chi connectivity index (χ1n) is 4.48. The minimum absolute atomic E-state index is 0.229. The Hall–Kier alpha value is -0.560. The maximum atomic E-state index is 11.8. The van der Waals surface area contributed by atoms with Gasteiger partial charge in [0.15, 0.2) is 5.78 Å². The number of carbonyl (C=O) groups excluding carboxylic acids is 1. The molecule has 0 saturated carbocycles. The molecule has 0 saturated heterocycles. The second-order valence-electron chi connectivity index (χ2n) is 3.07. The minimum atomic E-state index is -0.613. The summed E-state index contributed by atoms with van der Waals surface area (Å²) in [5.74, 6) is -0.842. The molecule has 1 aromatic rings. The van der Waals surface area contributed by atoms with Crippen LogP contribution in [0.5, 0.6) is 0 Å². The third kappa shape index (κ3) is 2.94. The molecule has 0 fully saturated rings. The Kier molecular flexibility index (Phi) is 4.59. The van der Waals surface area contributed by atoms with E-state index in [2.05, 4.69) is 0 Å². The maximum absolute atomic E-state index is 11.8. The Bertz CT molecular complexity index is 408. The second kappa shape index (κ2) is 5.50. The van der Waals surface area contributed by atoms with Gasteiger partial charge in [0.1, 0.15) is 10.3 Å². The summed E-state index contributed by atoms with van der Waals surface area (Å²) >= 11 is 12.7. The topological polar surface area (TPSA) is 40.9 Å². The quantitative estimate of drug-likeness (QED) is 0.764. The van der Waals surface area contributed by atoms with Crippen LogP contribution in [0.3, 0.4) is 0 Å². The molecule has 2 nitrogen and oxygen atoms in total. The van der Waals surface area contributed by atoms with Gasteiger partial charge in [-0.05, 0) is 12.5 Å². The van der Waals surface area contributed by atoms with Crippen molar-refractivity contribution in [3.8, 4) is 6.07 Å². The normalized spacial score (nSPS) is 12.1. The van der Waals surface area contributed by atoms with Crippen LogP contribution >= 0.6 is 34.5 Å². The molecule has 1 heterocycles. The van der Waals surface area contributed by atoms with Gasteiger partial charge in [-0.1, -0.05) is 36.5 Å². The highest BCUT2D eigenvalue weighted by atomic mass is 35.5. The average Bonchev–Trinajstić information content (AvgIpc) is 2.53. The van der Waals surface area contributed by atoms with Gasteiger partial charge in [0.2, 0.25) is 0 Å². The van der Waals surface area contributed by atoms with Crippen LogP contribution in [0.2, 0.25) is 8.67 Å². The highest BCUT2D eigenvalue weighted by Crippen LogP contribution is 2.33. The number of nitrogens with zero attached hydrogens (tertiary/aromatic N) is 1. The lowest BCUT2D eigenvalue weighted by molar-refractivity contribution is 0.0944. The number of carbonyl (C=O) groups is 1. The second-order valence-corrected chi connectivity index (χ2v) is 5.36. The van der Waals surface area contributed by atoms with Gasteiger partial charge in [0.05, 0.1) is 16.0 Å². The number of halogens is 2. The van der Waals surface area contributed by atoms with Crippen molar-refractivity contribution in [2.75, 3.05) is 0 Å². The predicted molar refractivity (Wildman–Crippen MR) is 62.7 cm³/mol. The van der Waals surface area contributed by atoms with Gasteiger partial charge < -0.3 is 0 Å². The molecule has 0 aliphatic carbocycles. The molecule has 5 heteroatoms. The number of thiophene rings is 1. The zero-order valence-corrected chi connectivity index (χ0v) is 10.4. The lowest BCUT2D eigenvalue weighted by Gasteiger charge is -2.04. The van der Waals surface area contributed by atoms with E-state index in [0.717, 1.165) is 17.8 Å². The van der Waals surface area contributed by atoms with Crippen LogP contribution in [-0.4, -0.2) is 5.78 Å². The molecular formula is C10H9Cl2NOS. The van der Waals surface area contributed by atoms with E-state index < -0.39 is 5.92 Å². The van der Waals surface area contributed by atoms with Crippen LogP contribution in [0.25, 0.3) is 0 Å². The first kappa shape index (κ1) is 12.5. The van der Waals surface area contributed by atoms with Gasteiger partial charge in [-0.25, -0.2) is 0 Å². The van der Waals surface area contributed by atoms with Crippen molar-refractivity contribution >= 4 is 40.3 Å². The van der Waals surface area contributed by atoms with Crippen molar-refractivity contribution < 1.29 is 4.79 Å². The van der Waals surface area contributed by atoms with E-state index in [4.69, 9.17) is 28.5 Å². The van der Waals surface area contributed by atoms with E-state index in [-0.39, 0.29) is 5.78 Å². The molecule has 1 aromatic heterocycles. The number of Topliss-reactive ketones (excluding diaryl/α,β-unsaturated/α-hetero) is 1. The molecule has 0 bridgehead atoms. The highest BCUT2D eigenvalue weighted by molar-refractivity contribution is 7.20. The summed E-state index contributed by atoms with van der Waals surface area (Å²) < 4.78 is 0.831. The van der Waals surface area contributed by atoms with E-state index in [1.807, 2.05) is 13.0 Å². The number of ketones is 1. The fourth-order valence-corrected chi connectivity index (χ4v) is 2.71. The van der Waals surface area contributed by atoms with Crippen LogP contribution in [0.4, 0.5) is 0 Å². The van der Waals surface area contributed by atoms with Crippen molar-refractivity contribution in [2.45, 2.75) is 19.8 Å². The first-order valence-corrected chi connectivity index (χ1v) is 6.06. The molecule has 0 aliphatic heterocycles. The van der Waals surface area contributed by atoms with Crippen LogP contribution in [-0.2, 0) is 0 Å². The van der Waals surface area contributed by atoms with E-state index in [1.165, 1.54) is 6.07 Å². The van der Waals surface area contributed by atoms with E-state index in [1.54, 1.807) is 0 Å². The van der Waals surface area contributed by atoms with Gasteiger partial charge in [-0.15, -0.1) is 11.3 Å². The highest BCUT2D eigenvalue weighted by Gasteiger charge is 2.22. The number of rotatable bonds is 4. The summed E-state index contributed by atoms with van der Waals surface area (Å²) in [5.41, 5.74) is 0.367. The molecule has 0 amide bonds. The van der Waals surface area contributed by atoms with Crippen LogP contribution in [0, 0.1) is 17.2 Å². The van der Waals surface area contributed by atoms with E-state index >= 15 is 0 Å². The molecule has 0 aromatic carbocycles. The Balaban J connectivity index is 2.93. The van der Waals surface area contributed by atoms with Gasteiger partial charge in [0.25, 0.3) is 0 Å². The van der Waals surface area contributed by atoms with Crippen molar-refractivity contribution in [1.29, 1.82) is 5.26 Å². The standard InChI is InChI=1S/C10H9Cl2NOS/c1-2-3-6(5-13)9(14)7-4-8(11)15-10(7)12/h4,6H,2-3H2,1H3. The monoisotopic (exact) mass is 261 g/mol. The summed E-state index contributed by atoms with van der Waals surface area (Å²) in [4.78, 5) is 11.8. The SMILES string of the molecule is CCCC(C#N)C(=O)c1cc(Cl)sc1Cl. The number of hydrogen-bond acceptors (Lipinski definition) is 3. The van der Waals surface area contributed by atoms with Crippen molar-refractivity contribution in [1.82, 2.24) is 0 Å². The smallest absolute Gasteiger partial charge is 0.182 e. The van der Waals surface area contributed by atoms with Gasteiger partial charge in [-0.3, -0.25) is 4.79 Å². The number of hydrogen-bond donors (Lipinski definition) is 0. The molecule has 1 atom stereocenters. The molecule has 0 radical (unpaired) electrons. The van der Waals surface area contributed by atoms with Crippen LogP contribution in [0.1, 0.15) is 30.1 Å². The maximum Gasteiger partial charge on any atom is 0.182 e. The Morgan fingerprint density at radius 3 is 2.73 bits per heavy atom. The molecule has 15 heavy (non-hydrogen) atoms. The zero-order valence-electron chi connectivity index (χ0n) is 8.09. The zero-order chi connectivity index (χ0) is 11.4. The Morgan fingerprint density at radius 1 is 1.67 bits per heavy atom. The van der Waals surface area contributed by atoms with Crippen LogP contribution in [0.15, 0.2) is 6.07 Å². The van der Waals surface area contributed by atoms with Gasteiger partial charge in [-0.2, -0.15) is 5.26 Å². The predicted octanol–water partition coefficient (Wildman–Crippen LogP) is 4.18. The molecule has 0 spiro atoms. The third-order valence-electron chi connectivity index (χ3n) is 1.97. The fraction of sp³-hybridized carbons (Fsp3) is 0.400. The third-order valence-corrected chi connectivity index (χ3v) is 3.46. The lowest BCUT2D eigenvalue weighted by Crippen LogP contribution is -2.12. The summed E-state index contributed by atoms with van der Waals surface area (Å²) in [6.45, 7) is 1.93. The van der Waals surface area contributed by atoms with Gasteiger partial charge in [0, 0.05) is 0 Å². The minimum Gasteiger partial charge on any atom is -0.293 e. The van der Waals surface area contributed by atoms with Crippen molar-refractivity contribution in [2.24, 2.45) is 5.92 Å². The molecule has 80 valence electrons. The van der Waals surface area contributed by atoms with Gasteiger partial charge >= 0.3 is 0 Å². The van der Waals surface area contributed by atoms with E-state index in [9.17, 15) is 4.79 Å². The first-order chi connectivity index (χ1) is 7.10. The average molecular weight is 262 g/mol. The number of nitriles is 1. The summed E-state index contributed by atoms with van der Waals surface area (Å²) in [5, 5.41) is 8.84. The molecule has 0 N–H and O–H groups in total. The molecular weight excluding hydrogens is 253 g/mol.